The number of rotatable bonds is 7. The van der Waals surface area contributed by atoms with Gasteiger partial charge in [0, 0.05) is 26.1 Å². The molecule has 1 aliphatic heterocycles. The van der Waals surface area contributed by atoms with Gasteiger partial charge in [-0.2, -0.15) is 4.31 Å². The van der Waals surface area contributed by atoms with Crippen LogP contribution in [0, 0.1) is 5.92 Å². The molecule has 0 unspecified atom stereocenters. The smallest absolute Gasteiger partial charge is 0.243 e. The summed E-state index contributed by atoms with van der Waals surface area (Å²) < 4.78 is 27.2. The van der Waals surface area contributed by atoms with E-state index in [4.69, 9.17) is 0 Å². The average molecular weight is 407 g/mol. The highest BCUT2D eigenvalue weighted by atomic mass is 32.2. The molecule has 28 heavy (non-hydrogen) atoms. The van der Waals surface area contributed by atoms with Crippen LogP contribution in [0.25, 0.3) is 0 Å². The first-order valence-electron chi connectivity index (χ1n) is 10.9. The maximum absolute atomic E-state index is 12.8. The van der Waals surface area contributed by atoms with Gasteiger partial charge in [-0.1, -0.05) is 44.2 Å². The van der Waals surface area contributed by atoms with Crippen LogP contribution in [0.1, 0.15) is 69.8 Å². The summed E-state index contributed by atoms with van der Waals surface area (Å²) in [5.74, 6) is 0.730. The minimum Gasteiger partial charge on any atom is -0.356 e. The summed E-state index contributed by atoms with van der Waals surface area (Å²) in [5, 5.41) is 3.07. The van der Waals surface area contributed by atoms with Crippen molar-refractivity contribution in [2.24, 2.45) is 5.92 Å². The number of hydrogen-bond acceptors (Lipinski definition) is 3. The zero-order chi connectivity index (χ0) is 19.8. The fourth-order valence-corrected chi connectivity index (χ4v) is 5.77. The van der Waals surface area contributed by atoms with E-state index in [1.165, 1.54) is 32.1 Å². The first-order valence-corrected chi connectivity index (χ1v) is 12.4. The first-order chi connectivity index (χ1) is 13.6. The summed E-state index contributed by atoms with van der Waals surface area (Å²) in [5.41, 5.74) is 1.00. The van der Waals surface area contributed by atoms with Crippen molar-refractivity contribution >= 4 is 15.9 Å². The van der Waals surface area contributed by atoms with Gasteiger partial charge in [-0.25, -0.2) is 8.42 Å². The van der Waals surface area contributed by atoms with Gasteiger partial charge in [0.1, 0.15) is 0 Å². The standard InChI is InChI=1S/C22H34N2O3S/c25-22(23-18-20-8-4-3-5-9-20)15-12-19-10-13-21(14-11-19)28(26,27)24-16-6-1-2-7-17-24/h10-11,13-14,20H,1-9,12,15-18H2,(H,23,25). The Morgan fingerprint density at radius 2 is 1.54 bits per heavy atom. The highest BCUT2D eigenvalue weighted by Crippen LogP contribution is 2.23. The SMILES string of the molecule is O=C(CCc1ccc(S(=O)(=O)N2CCCCCC2)cc1)NCC1CCCCC1. The zero-order valence-electron chi connectivity index (χ0n) is 16.9. The van der Waals surface area contributed by atoms with Crippen molar-refractivity contribution in [3.8, 4) is 0 Å². The summed E-state index contributed by atoms with van der Waals surface area (Å²) in [4.78, 5) is 12.5. The average Bonchev–Trinajstić information content (AvgIpc) is 3.02. The molecular weight excluding hydrogens is 372 g/mol. The summed E-state index contributed by atoms with van der Waals surface area (Å²) in [6.07, 6.45) is 11.5. The van der Waals surface area contributed by atoms with Crippen LogP contribution in [-0.4, -0.2) is 38.3 Å². The van der Waals surface area contributed by atoms with Crippen LogP contribution < -0.4 is 5.32 Å². The third kappa shape index (κ3) is 6.05. The van der Waals surface area contributed by atoms with Crippen LogP contribution in [0.2, 0.25) is 0 Å². The highest BCUT2D eigenvalue weighted by Gasteiger charge is 2.24. The Kier molecular flexibility index (Phi) is 7.91. The van der Waals surface area contributed by atoms with Gasteiger partial charge in [-0.05, 0) is 55.7 Å². The lowest BCUT2D eigenvalue weighted by Crippen LogP contribution is -2.31. The molecular formula is C22H34N2O3S. The minimum absolute atomic E-state index is 0.0897. The lowest BCUT2D eigenvalue weighted by atomic mass is 9.89. The maximum atomic E-state index is 12.8. The number of hydrogen-bond donors (Lipinski definition) is 1. The lowest BCUT2D eigenvalue weighted by Gasteiger charge is -2.21. The van der Waals surface area contributed by atoms with E-state index in [-0.39, 0.29) is 5.91 Å². The van der Waals surface area contributed by atoms with Crippen molar-refractivity contribution in [2.45, 2.75) is 75.5 Å². The van der Waals surface area contributed by atoms with Gasteiger partial charge in [-0.15, -0.1) is 0 Å². The third-order valence-corrected chi connectivity index (χ3v) is 7.99. The Labute approximate surface area is 169 Å². The van der Waals surface area contributed by atoms with Crippen molar-refractivity contribution in [1.29, 1.82) is 0 Å². The van der Waals surface area contributed by atoms with E-state index in [0.29, 0.717) is 36.7 Å². The molecule has 1 heterocycles. The molecule has 0 aromatic heterocycles. The number of carbonyl (C=O) groups is 1. The van der Waals surface area contributed by atoms with Gasteiger partial charge in [-0.3, -0.25) is 4.79 Å². The van der Waals surface area contributed by atoms with Crippen LogP contribution in [-0.2, 0) is 21.2 Å². The quantitative estimate of drug-likeness (QED) is 0.747. The molecule has 6 heteroatoms. The molecule has 1 saturated carbocycles. The number of carbonyl (C=O) groups excluding carboxylic acids is 1. The molecule has 0 atom stereocenters. The maximum Gasteiger partial charge on any atom is 0.243 e. The van der Waals surface area contributed by atoms with Crippen LogP contribution in [0.3, 0.4) is 0 Å². The van der Waals surface area contributed by atoms with E-state index in [9.17, 15) is 13.2 Å². The third-order valence-electron chi connectivity index (χ3n) is 6.08. The molecule has 1 saturated heterocycles. The Morgan fingerprint density at radius 1 is 0.929 bits per heavy atom. The topological polar surface area (TPSA) is 66.5 Å². The number of sulfonamides is 1. The van der Waals surface area contributed by atoms with Gasteiger partial charge in [0.25, 0.3) is 0 Å². The molecule has 0 radical (unpaired) electrons. The van der Waals surface area contributed by atoms with E-state index in [0.717, 1.165) is 37.8 Å². The second-order valence-corrected chi connectivity index (χ2v) is 10.2. The molecule has 1 aliphatic carbocycles. The predicted molar refractivity (Wildman–Crippen MR) is 112 cm³/mol. The molecule has 2 aliphatic rings. The molecule has 1 aromatic carbocycles. The van der Waals surface area contributed by atoms with E-state index in [1.807, 2.05) is 12.1 Å². The zero-order valence-corrected chi connectivity index (χ0v) is 17.7. The molecule has 156 valence electrons. The molecule has 5 nitrogen and oxygen atoms in total. The summed E-state index contributed by atoms with van der Waals surface area (Å²) in [6.45, 7) is 2.03. The monoisotopic (exact) mass is 406 g/mol. The summed E-state index contributed by atoms with van der Waals surface area (Å²) in [7, 11) is -3.40. The van der Waals surface area contributed by atoms with Crippen molar-refractivity contribution in [2.75, 3.05) is 19.6 Å². The molecule has 2 fully saturated rings. The molecule has 3 rings (SSSR count). The summed E-state index contributed by atoms with van der Waals surface area (Å²) in [6, 6.07) is 7.07. The Bertz CT molecular complexity index is 717. The van der Waals surface area contributed by atoms with Gasteiger partial charge in [0.15, 0.2) is 0 Å². The number of aryl methyl sites for hydroxylation is 1. The lowest BCUT2D eigenvalue weighted by molar-refractivity contribution is -0.121. The van der Waals surface area contributed by atoms with E-state index in [2.05, 4.69) is 5.32 Å². The molecule has 1 aromatic rings. The normalized spacial score (nSPS) is 19.9. The number of nitrogens with zero attached hydrogens (tertiary/aromatic N) is 1. The Balaban J connectivity index is 1.47. The van der Waals surface area contributed by atoms with Crippen LogP contribution in [0.4, 0.5) is 0 Å². The minimum atomic E-state index is -3.40. The van der Waals surface area contributed by atoms with E-state index < -0.39 is 10.0 Å². The second kappa shape index (κ2) is 10.4. The number of amides is 1. The predicted octanol–water partition coefficient (Wildman–Crippen LogP) is 3.88. The van der Waals surface area contributed by atoms with Crippen molar-refractivity contribution in [3.63, 3.8) is 0 Å². The van der Waals surface area contributed by atoms with E-state index in [1.54, 1.807) is 16.4 Å². The molecule has 0 bridgehead atoms. The fourth-order valence-electron chi connectivity index (χ4n) is 4.25. The van der Waals surface area contributed by atoms with Gasteiger partial charge in [0.05, 0.1) is 4.90 Å². The van der Waals surface area contributed by atoms with Crippen molar-refractivity contribution < 1.29 is 13.2 Å². The number of nitrogens with one attached hydrogen (secondary N) is 1. The molecule has 1 N–H and O–H groups in total. The van der Waals surface area contributed by atoms with Crippen LogP contribution >= 0.6 is 0 Å². The van der Waals surface area contributed by atoms with Crippen molar-refractivity contribution in [3.05, 3.63) is 29.8 Å². The van der Waals surface area contributed by atoms with Gasteiger partial charge in [0.2, 0.25) is 15.9 Å². The largest absolute Gasteiger partial charge is 0.356 e. The van der Waals surface area contributed by atoms with Gasteiger partial charge < -0.3 is 5.32 Å². The van der Waals surface area contributed by atoms with Gasteiger partial charge >= 0.3 is 0 Å². The first kappa shape index (κ1) is 21.3. The Hall–Kier alpha value is -1.40. The van der Waals surface area contributed by atoms with Crippen LogP contribution in [0.15, 0.2) is 29.2 Å². The summed E-state index contributed by atoms with van der Waals surface area (Å²) >= 11 is 0. The molecule has 0 spiro atoms. The van der Waals surface area contributed by atoms with Crippen molar-refractivity contribution in [1.82, 2.24) is 9.62 Å². The molecule has 1 amide bonds. The number of benzene rings is 1. The van der Waals surface area contributed by atoms with Crippen LogP contribution in [0.5, 0.6) is 0 Å². The Morgan fingerprint density at radius 3 is 2.18 bits per heavy atom. The van der Waals surface area contributed by atoms with E-state index >= 15 is 0 Å². The second-order valence-electron chi connectivity index (χ2n) is 8.27. The highest BCUT2D eigenvalue weighted by molar-refractivity contribution is 7.89. The fraction of sp³-hybridized carbons (Fsp3) is 0.682.